The first-order valence-electron chi connectivity index (χ1n) is 8.60. The largest absolute Gasteiger partial charge is 0.355 e. The highest BCUT2D eigenvalue weighted by molar-refractivity contribution is 7.13. The molecule has 2 aromatic heterocycles. The normalized spacial score (nSPS) is 16.5. The number of nitrogens with zero attached hydrogens (tertiary/aromatic N) is 5. The van der Waals surface area contributed by atoms with Crippen molar-refractivity contribution in [2.24, 2.45) is 0 Å². The van der Waals surface area contributed by atoms with E-state index in [4.69, 9.17) is 0 Å². The molecule has 1 saturated heterocycles. The van der Waals surface area contributed by atoms with Gasteiger partial charge in [-0.1, -0.05) is 0 Å². The summed E-state index contributed by atoms with van der Waals surface area (Å²) < 4.78 is 0. The van der Waals surface area contributed by atoms with Crippen molar-refractivity contribution in [2.45, 2.75) is 12.8 Å². The van der Waals surface area contributed by atoms with Crippen LogP contribution in [-0.4, -0.2) is 77.0 Å². The van der Waals surface area contributed by atoms with E-state index in [9.17, 15) is 4.79 Å². The van der Waals surface area contributed by atoms with Crippen molar-refractivity contribution in [3.8, 4) is 10.8 Å². The van der Waals surface area contributed by atoms with Gasteiger partial charge in [0.1, 0.15) is 0 Å². The number of hydrogen-bond acceptors (Lipinski definition) is 7. The SMILES string of the molecule is CN1CCCN(CC(=O)NCCc2csc(-c3ncccn3)n2)CC1. The van der Waals surface area contributed by atoms with Crippen molar-refractivity contribution in [1.82, 2.24) is 30.1 Å². The Labute approximate surface area is 152 Å². The maximum atomic E-state index is 12.1. The number of rotatable bonds is 6. The Hall–Kier alpha value is -1.90. The zero-order valence-electron chi connectivity index (χ0n) is 14.5. The lowest BCUT2D eigenvalue weighted by Crippen LogP contribution is -2.39. The van der Waals surface area contributed by atoms with Gasteiger partial charge in [0, 0.05) is 43.8 Å². The molecule has 3 rings (SSSR count). The lowest BCUT2D eigenvalue weighted by molar-refractivity contribution is -0.122. The van der Waals surface area contributed by atoms with Crippen molar-refractivity contribution in [1.29, 1.82) is 0 Å². The number of carbonyl (C=O) groups is 1. The van der Waals surface area contributed by atoms with Crippen molar-refractivity contribution >= 4 is 17.2 Å². The molecule has 1 N–H and O–H groups in total. The van der Waals surface area contributed by atoms with Crippen LogP contribution >= 0.6 is 11.3 Å². The van der Waals surface area contributed by atoms with Gasteiger partial charge < -0.3 is 10.2 Å². The molecule has 1 fully saturated rings. The smallest absolute Gasteiger partial charge is 0.234 e. The topological polar surface area (TPSA) is 74.2 Å². The molecule has 2 aromatic rings. The van der Waals surface area contributed by atoms with Crippen LogP contribution in [0.4, 0.5) is 0 Å². The van der Waals surface area contributed by atoms with Gasteiger partial charge in [-0.3, -0.25) is 9.69 Å². The van der Waals surface area contributed by atoms with Crippen LogP contribution in [-0.2, 0) is 11.2 Å². The molecule has 1 aliphatic rings. The number of hydrogen-bond donors (Lipinski definition) is 1. The van der Waals surface area contributed by atoms with Gasteiger partial charge >= 0.3 is 0 Å². The van der Waals surface area contributed by atoms with Crippen molar-refractivity contribution in [3.05, 3.63) is 29.5 Å². The summed E-state index contributed by atoms with van der Waals surface area (Å²) >= 11 is 1.53. The average molecular weight is 360 g/mol. The van der Waals surface area contributed by atoms with Crippen LogP contribution in [0.25, 0.3) is 10.8 Å². The van der Waals surface area contributed by atoms with Gasteiger partial charge in [-0.2, -0.15) is 0 Å². The summed E-state index contributed by atoms with van der Waals surface area (Å²) in [6, 6.07) is 1.79. The van der Waals surface area contributed by atoms with Crippen LogP contribution in [0.1, 0.15) is 12.1 Å². The van der Waals surface area contributed by atoms with Crippen LogP contribution in [0.3, 0.4) is 0 Å². The van der Waals surface area contributed by atoms with Crippen LogP contribution in [0.5, 0.6) is 0 Å². The molecule has 7 nitrogen and oxygen atoms in total. The molecule has 0 aromatic carbocycles. The minimum absolute atomic E-state index is 0.0893. The molecule has 0 spiro atoms. The Morgan fingerprint density at radius 1 is 1.24 bits per heavy atom. The Kier molecular flexibility index (Phi) is 6.43. The van der Waals surface area contributed by atoms with Crippen molar-refractivity contribution in [3.63, 3.8) is 0 Å². The quantitative estimate of drug-likeness (QED) is 0.825. The highest BCUT2D eigenvalue weighted by Gasteiger charge is 2.15. The first kappa shape index (κ1) is 17.9. The van der Waals surface area contributed by atoms with Gasteiger partial charge in [0.05, 0.1) is 12.2 Å². The molecule has 0 radical (unpaired) electrons. The third-order valence-corrected chi connectivity index (χ3v) is 5.08. The second kappa shape index (κ2) is 8.98. The molecular weight excluding hydrogens is 336 g/mol. The maximum absolute atomic E-state index is 12.1. The molecule has 134 valence electrons. The van der Waals surface area contributed by atoms with E-state index in [1.54, 1.807) is 18.5 Å². The fourth-order valence-corrected chi connectivity index (χ4v) is 3.58. The van der Waals surface area contributed by atoms with Crippen molar-refractivity contribution in [2.75, 3.05) is 46.3 Å². The summed E-state index contributed by atoms with van der Waals surface area (Å²) in [6.07, 6.45) is 5.26. The van der Waals surface area contributed by atoms with Crippen LogP contribution in [0, 0.1) is 0 Å². The maximum Gasteiger partial charge on any atom is 0.234 e. The van der Waals surface area contributed by atoms with Gasteiger partial charge in [0.25, 0.3) is 0 Å². The second-order valence-electron chi connectivity index (χ2n) is 6.25. The summed E-state index contributed by atoms with van der Waals surface area (Å²) in [5, 5.41) is 5.82. The Morgan fingerprint density at radius 3 is 2.92 bits per heavy atom. The zero-order valence-corrected chi connectivity index (χ0v) is 15.3. The first-order valence-corrected chi connectivity index (χ1v) is 9.48. The van der Waals surface area contributed by atoms with E-state index in [-0.39, 0.29) is 5.91 Å². The molecule has 25 heavy (non-hydrogen) atoms. The molecule has 0 atom stereocenters. The minimum atomic E-state index is 0.0893. The summed E-state index contributed by atoms with van der Waals surface area (Å²) in [5.41, 5.74) is 0.962. The van der Waals surface area contributed by atoms with Gasteiger partial charge in [-0.05, 0) is 32.6 Å². The highest BCUT2D eigenvalue weighted by atomic mass is 32.1. The van der Waals surface area contributed by atoms with E-state index in [0.29, 0.717) is 18.9 Å². The van der Waals surface area contributed by atoms with Crippen molar-refractivity contribution < 1.29 is 4.79 Å². The third-order valence-electron chi connectivity index (χ3n) is 4.19. The summed E-state index contributed by atoms with van der Waals surface area (Å²) in [6.45, 7) is 5.16. The summed E-state index contributed by atoms with van der Waals surface area (Å²) in [7, 11) is 2.13. The van der Waals surface area contributed by atoms with Gasteiger partial charge in [0.2, 0.25) is 5.91 Å². The molecule has 0 bridgehead atoms. The molecule has 0 aliphatic carbocycles. The molecule has 8 heteroatoms. The second-order valence-corrected chi connectivity index (χ2v) is 7.11. The highest BCUT2D eigenvalue weighted by Crippen LogP contribution is 2.19. The molecule has 0 saturated carbocycles. The Morgan fingerprint density at radius 2 is 2.08 bits per heavy atom. The van der Waals surface area contributed by atoms with E-state index >= 15 is 0 Å². The fraction of sp³-hybridized carbons (Fsp3) is 0.529. The average Bonchev–Trinajstić information content (AvgIpc) is 3.00. The van der Waals surface area contributed by atoms with Gasteiger partial charge in [-0.15, -0.1) is 11.3 Å². The number of aromatic nitrogens is 3. The molecule has 0 unspecified atom stereocenters. The standard InChI is InChI=1S/C17H24N6OS/c1-22-8-3-9-23(11-10-22)12-15(24)18-7-4-14-13-25-17(21-14)16-19-5-2-6-20-16/h2,5-6,13H,3-4,7-12H2,1H3,(H,18,24). The lowest BCUT2D eigenvalue weighted by Gasteiger charge is -2.19. The fourth-order valence-electron chi connectivity index (χ4n) is 2.78. The number of thiazole rings is 1. The lowest BCUT2D eigenvalue weighted by atomic mass is 10.3. The molecule has 3 heterocycles. The summed E-state index contributed by atoms with van der Waals surface area (Å²) in [4.78, 5) is 29.6. The zero-order chi connectivity index (χ0) is 17.5. The predicted molar refractivity (Wildman–Crippen MR) is 98.4 cm³/mol. The minimum Gasteiger partial charge on any atom is -0.355 e. The molecular formula is C17H24N6OS. The van der Waals surface area contributed by atoms with Crippen LogP contribution < -0.4 is 5.32 Å². The molecule has 1 aliphatic heterocycles. The van der Waals surface area contributed by atoms with E-state index in [1.165, 1.54) is 11.3 Å². The third kappa shape index (κ3) is 5.55. The van der Waals surface area contributed by atoms with Gasteiger partial charge in [-0.25, -0.2) is 15.0 Å². The number of amides is 1. The Bertz CT molecular complexity index is 677. The van der Waals surface area contributed by atoms with E-state index in [0.717, 1.165) is 49.7 Å². The van der Waals surface area contributed by atoms with E-state index in [2.05, 4.69) is 37.1 Å². The predicted octanol–water partition coefficient (Wildman–Crippen LogP) is 0.896. The van der Waals surface area contributed by atoms with Gasteiger partial charge in [0.15, 0.2) is 10.8 Å². The number of nitrogens with one attached hydrogen (secondary N) is 1. The van der Waals surface area contributed by atoms with E-state index in [1.807, 2.05) is 5.38 Å². The summed E-state index contributed by atoms with van der Waals surface area (Å²) in [5.74, 6) is 0.736. The monoisotopic (exact) mass is 360 g/mol. The van der Waals surface area contributed by atoms with Crippen LogP contribution in [0.2, 0.25) is 0 Å². The van der Waals surface area contributed by atoms with Crippen LogP contribution in [0.15, 0.2) is 23.8 Å². The number of carbonyl (C=O) groups excluding carboxylic acids is 1. The first-order chi connectivity index (χ1) is 12.2. The Balaban J connectivity index is 1.41. The van der Waals surface area contributed by atoms with E-state index < -0.39 is 0 Å². The number of likely N-dealkylation sites (N-methyl/N-ethyl adjacent to an activating group) is 1. The molecule has 1 amide bonds.